The third-order valence-corrected chi connectivity index (χ3v) is 13.1. The number of alkyl halides is 2. The molecule has 332 valence electrons. The molecule has 0 saturated carbocycles. The normalized spacial score (nSPS) is 21.6. The highest BCUT2D eigenvalue weighted by Crippen LogP contribution is 2.47. The van der Waals surface area contributed by atoms with Gasteiger partial charge in [-0.3, -0.25) is 19.2 Å². The van der Waals surface area contributed by atoms with E-state index in [1.54, 1.807) is 12.1 Å². The number of benzene rings is 3. The van der Waals surface area contributed by atoms with Crippen molar-refractivity contribution < 1.29 is 42.6 Å². The summed E-state index contributed by atoms with van der Waals surface area (Å²) in [6.07, 6.45) is 2.45. The van der Waals surface area contributed by atoms with E-state index in [1.165, 1.54) is 36.2 Å². The number of rotatable bonds is 13. The van der Waals surface area contributed by atoms with Crippen LogP contribution in [0.5, 0.6) is 0 Å². The number of methoxy groups -OCH3 is 2. The summed E-state index contributed by atoms with van der Waals surface area (Å²) in [5, 5.41) is 11.2. The Morgan fingerprint density at radius 2 is 1.00 bits per heavy atom. The molecule has 3 fully saturated rings. The van der Waals surface area contributed by atoms with Crippen LogP contribution in [0.15, 0.2) is 72.8 Å². The van der Waals surface area contributed by atoms with Crippen molar-refractivity contribution in [2.75, 3.05) is 42.8 Å². The fourth-order valence-corrected chi connectivity index (χ4v) is 9.52. The third-order valence-electron chi connectivity index (χ3n) is 11.7. The maximum atomic E-state index is 14.2. The summed E-state index contributed by atoms with van der Waals surface area (Å²) in [6.45, 7) is 4.42. The molecule has 3 saturated heterocycles. The summed E-state index contributed by atoms with van der Waals surface area (Å²) in [5.41, 5.74) is 3.99. The highest BCUT2D eigenvalue weighted by atomic mass is 127. The van der Waals surface area contributed by atoms with Crippen LogP contribution in [-0.2, 0) is 28.7 Å². The van der Waals surface area contributed by atoms with Crippen LogP contribution in [0, 0.1) is 5.82 Å². The molecule has 18 heteroatoms. The van der Waals surface area contributed by atoms with Crippen molar-refractivity contribution in [2.24, 2.45) is 0 Å². The monoisotopic (exact) mass is 1080 g/mol. The Hall–Kier alpha value is -4.73. The quantitative estimate of drug-likeness (QED) is 0.105. The molecule has 8 atom stereocenters. The van der Waals surface area contributed by atoms with Gasteiger partial charge < -0.3 is 45.4 Å². The number of alkyl carbamates (subject to hydrolysis) is 2. The highest BCUT2D eigenvalue weighted by molar-refractivity contribution is 14.1. The number of hydrogen-bond acceptors (Lipinski definition) is 9. The van der Waals surface area contributed by atoms with E-state index in [9.17, 15) is 33.2 Å². The Kier molecular flexibility index (Phi) is 15.9. The van der Waals surface area contributed by atoms with Gasteiger partial charge >= 0.3 is 12.2 Å². The van der Waals surface area contributed by atoms with Crippen molar-refractivity contribution >= 4 is 98.1 Å². The van der Waals surface area contributed by atoms with Gasteiger partial charge in [0.2, 0.25) is 23.6 Å². The molecule has 0 aromatic heterocycles. The first-order valence-corrected chi connectivity index (χ1v) is 23.1. The molecule has 4 N–H and O–H groups in total. The second-order valence-corrected chi connectivity index (χ2v) is 19.6. The number of likely N-dealkylation sites (tertiary alicyclic amines) is 2. The van der Waals surface area contributed by atoms with Crippen LogP contribution in [0.3, 0.4) is 0 Å². The standard InChI is InChI=1S/C44H52FI2N7O8/c1-25(46)37(50-43(59)61-3)41(57)52-23-5-7-35(52)39(55)48-30-15-9-27(10-16-30)33-21-22-34(54(33)32-19-13-29(45)14-20-32)28-11-17-31(18-12-28)49-40(56)36-8-6-24-53(36)42(58)38(26(2)47)51-44(60)62-4/h9-20,25-26,33-38H,5-8,21-24H2,1-4H3,(H,48,55)(H,49,56)(H,50,59)(H,51,60)/t25-,26-,33+,34+,35+,36+,37+,38+/m1/s1. The minimum absolute atomic E-state index is 0.0827. The molecule has 0 aliphatic carbocycles. The molecule has 15 nitrogen and oxygen atoms in total. The number of amides is 6. The zero-order valence-corrected chi connectivity index (χ0v) is 39.3. The Morgan fingerprint density at radius 1 is 0.613 bits per heavy atom. The molecule has 6 amide bonds. The zero-order chi connectivity index (χ0) is 44.7. The zero-order valence-electron chi connectivity index (χ0n) is 34.9. The molecule has 3 aliphatic rings. The lowest BCUT2D eigenvalue weighted by atomic mass is 10.0. The Labute approximate surface area is 387 Å². The largest absolute Gasteiger partial charge is 0.453 e. The predicted octanol–water partition coefficient (Wildman–Crippen LogP) is 6.86. The van der Waals surface area contributed by atoms with Gasteiger partial charge in [-0.2, -0.15) is 0 Å². The van der Waals surface area contributed by atoms with Crippen molar-refractivity contribution in [2.45, 2.75) is 96.5 Å². The van der Waals surface area contributed by atoms with Crippen LogP contribution in [0.2, 0.25) is 0 Å². The number of nitrogens with one attached hydrogen (secondary N) is 4. The van der Waals surface area contributed by atoms with E-state index in [1.807, 2.05) is 62.4 Å². The molecule has 6 rings (SSSR count). The summed E-state index contributed by atoms with van der Waals surface area (Å²) >= 11 is 4.15. The molecule has 0 radical (unpaired) electrons. The van der Waals surface area contributed by atoms with E-state index in [-0.39, 0.29) is 49.4 Å². The van der Waals surface area contributed by atoms with E-state index < -0.39 is 36.4 Å². The number of anilines is 3. The van der Waals surface area contributed by atoms with Gasteiger partial charge in [0.25, 0.3) is 0 Å². The lowest BCUT2D eigenvalue weighted by molar-refractivity contribution is -0.138. The first-order chi connectivity index (χ1) is 29.7. The molecular formula is C44H52FI2N7O8. The first-order valence-electron chi connectivity index (χ1n) is 20.6. The Bertz CT molecular complexity index is 1970. The maximum Gasteiger partial charge on any atom is 0.407 e. The second-order valence-electron chi connectivity index (χ2n) is 15.7. The number of carbonyl (C=O) groups is 6. The summed E-state index contributed by atoms with van der Waals surface area (Å²) in [7, 11) is 2.47. The predicted molar refractivity (Wildman–Crippen MR) is 249 cm³/mol. The Morgan fingerprint density at radius 3 is 1.35 bits per heavy atom. The molecule has 62 heavy (non-hydrogen) atoms. The van der Waals surface area contributed by atoms with E-state index in [2.05, 4.69) is 71.3 Å². The molecule has 3 heterocycles. The van der Waals surface area contributed by atoms with Crippen LogP contribution in [-0.4, -0.2) is 105 Å². The van der Waals surface area contributed by atoms with Gasteiger partial charge in [-0.1, -0.05) is 83.3 Å². The summed E-state index contributed by atoms with van der Waals surface area (Å²) in [6, 6.07) is 18.4. The van der Waals surface area contributed by atoms with Crippen molar-refractivity contribution in [1.29, 1.82) is 0 Å². The smallest absolute Gasteiger partial charge is 0.407 e. The molecule has 3 aromatic carbocycles. The van der Waals surface area contributed by atoms with Gasteiger partial charge in [0.05, 0.1) is 26.3 Å². The molecule has 0 spiro atoms. The average Bonchev–Trinajstić information content (AvgIpc) is 4.06. The van der Waals surface area contributed by atoms with Gasteiger partial charge in [-0.15, -0.1) is 0 Å². The van der Waals surface area contributed by atoms with E-state index in [4.69, 9.17) is 9.47 Å². The summed E-state index contributed by atoms with van der Waals surface area (Å²) in [4.78, 5) is 83.4. The fourth-order valence-electron chi connectivity index (χ4n) is 8.55. The van der Waals surface area contributed by atoms with Crippen LogP contribution in [0.4, 0.5) is 31.0 Å². The third kappa shape index (κ3) is 10.9. The molecule has 0 bridgehead atoms. The number of hydrogen-bond donors (Lipinski definition) is 4. The molecular weight excluding hydrogens is 1030 g/mol. The van der Waals surface area contributed by atoms with Gasteiger partial charge in [0.15, 0.2) is 0 Å². The average molecular weight is 1080 g/mol. The first kappa shape index (κ1) is 46.8. The topological polar surface area (TPSA) is 179 Å². The SMILES string of the molecule is COC(=O)N[C@H](C(=O)N1CCC[C@H]1C(=O)Nc1ccc([C@@H]2CC[C@@H](c3ccc(NC(=O)[C@@H]4CCCN4C(=O)[C@@H](NC(=O)OC)[C@@H](C)I)cc3)N2c2ccc(F)cc2)cc1)[C@@H](C)I. The van der Waals surface area contributed by atoms with Crippen molar-refractivity contribution in [3.05, 3.63) is 89.7 Å². The van der Waals surface area contributed by atoms with E-state index >= 15 is 0 Å². The minimum Gasteiger partial charge on any atom is -0.453 e. The number of ether oxygens (including phenoxy) is 2. The molecule has 3 aromatic rings. The number of nitrogens with zero attached hydrogens (tertiary/aromatic N) is 3. The summed E-state index contributed by atoms with van der Waals surface area (Å²) < 4.78 is 23.1. The van der Waals surface area contributed by atoms with E-state index in [0.29, 0.717) is 50.1 Å². The van der Waals surface area contributed by atoms with Gasteiger partial charge in [0, 0.05) is 38.0 Å². The molecule has 0 unspecified atom stereocenters. The lowest BCUT2D eigenvalue weighted by Crippen LogP contribution is -2.55. The number of halogens is 3. The van der Waals surface area contributed by atoms with E-state index in [0.717, 1.165) is 29.7 Å². The van der Waals surface area contributed by atoms with Crippen LogP contribution >= 0.6 is 45.2 Å². The van der Waals surface area contributed by atoms with Crippen LogP contribution in [0.25, 0.3) is 0 Å². The van der Waals surface area contributed by atoms with Gasteiger partial charge in [0.1, 0.15) is 30.0 Å². The summed E-state index contributed by atoms with van der Waals surface area (Å²) in [5.74, 6) is -1.63. The minimum atomic E-state index is -0.844. The van der Waals surface area contributed by atoms with Crippen molar-refractivity contribution in [3.8, 4) is 0 Å². The van der Waals surface area contributed by atoms with Crippen LogP contribution < -0.4 is 26.2 Å². The van der Waals surface area contributed by atoms with Gasteiger partial charge in [-0.05, 0) is 98.2 Å². The molecule has 3 aliphatic heterocycles. The lowest BCUT2D eigenvalue weighted by Gasteiger charge is -2.33. The van der Waals surface area contributed by atoms with Gasteiger partial charge in [-0.25, -0.2) is 14.0 Å². The Balaban J connectivity index is 1.13. The van der Waals surface area contributed by atoms with Crippen molar-refractivity contribution in [1.82, 2.24) is 20.4 Å². The highest BCUT2D eigenvalue weighted by Gasteiger charge is 2.41. The fraction of sp³-hybridized carbons (Fsp3) is 0.455. The van der Waals surface area contributed by atoms with Crippen molar-refractivity contribution in [3.63, 3.8) is 0 Å². The van der Waals surface area contributed by atoms with Crippen LogP contribution in [0.1, 0.15) is 75.6 Å². The second kappa shape index (κ2) is 21.1. The maximum absolute atomic E-state index is 14.2. The number of carbonyl (C=O) groups excluding carboxylic acids is 6.